The van der Waals surface area contributed by atoms with Crippen molar-refractivity contribution in [3.05, 3.63) is 67.8 Å². The summed E-state index contributed by atoms with van der Waals surface area (Å²) in [6, 6.07) is 8.31. The Morgan fingerprint density at radius 1 is 1.07 bits per heavy atom. The summed E-state index contributed by atoms with van der Waals surface area (Å²) in [4.78, 5) is 47.1. The third-order valence-electron chi connectivity index (χ3n) is 3.71. The van der Waals surface area contributed by atoms with E-state index in [1.165, 1.54) is 11.8 Å². The number of carbonyl (C=O) groups is 2. The van der Waals surface area contributed by atoms with Gasteiger partial charge >= 0.3 is 0 Å². The smallest absolute Gasteiger partial charge is 0.286 e. The minimum absolute atomic E-state index is 0.00241. The zero-order valence-corrected chi connectivity index (χ0v) is 16.0. The minimum atomic E-state index is -0.803. The van der Waals surface area contributed by atoms with Gasteiger partial charge in [-0.25, -0.2) is 0 Å². The normalized spacial score (nSPS) is 10.2. The quantitative estimate of drug-likeness (QED) is 0.454. The van der Waals surface area contributed by atoms with E-state index in [9.17, 15) is 29.8 Å². The van der Waals surface area contributed by atoms with Gasteiger partial charge in [0.05, 0.1) is 27.2 Å². The summed E-state index contributed by atoms with van der Waals surface area (Å²) in [5.74, 6) is -0.755. The molecule has 2 amide bonds. The number of hydrogen-bond acceptors (Lipinski definition) is 7. The number of hydrogen-bond donors (Lipinski definition) is 1. The van der Waals surface area contributed by atoms with Gasteiger partial charge in [0, 0.05) is 30.6 Å². The van der Waals surface area contributed by atoms with Crippen LogP contribution in [-0.2, 0) is 0 Å². The van der Waals surface area contributed by atoms with Crippen molar-refractivity contribution in [3.8, 4) is 0 Å². The molecule has 0 spiro atoms. The zero-order valence-electron chi connectivity index (χ0n) is 15.2. The molecule has 11 heteroatoms. The number of para-hydroxylation sites is 1. The highest BCUT2D eigenvalue weighted by molar-refractivity contribution is 8.13. The summed E-state index contributed by atoms with van der Waals surface area (Å²) in [6.07, 6.45) is 0. The number of nitro benzene ring substituents is 2. The van der Waals surface area contributed by atoms with Crippen LogP contribution < -0.4 is 5.32 Å². The Hall–Kier alpha value is -3.47. The van der Waals surface area contributed by atoms with Crippen molar-refractivity contribution in [2.24, 2.45) is 0 Å². The first-order valence-electron chi connectivity index (χ1n) is 7.84. The highest BCUT2D eigenvalue weighted by Gasteiger charge is 2.25. The van der Waals surface area contributed by atoms with E-state index in [-0.39, 0.29) is 16.4 Å². The highest BCUT2D eigenvalue weighted by Crippen LogP contribution is 2.31. The lowest BCUT2D eigenvalue weighted by Gasteiger charge is -2.13. The van der Waals surface area contributed by atoms with Crippen molar-refractivity contribution in [1.82, 2.24) is 4.90 Å². The number of carbonyl (C=O) groups excluding carboxylic acids is 2. The Bertz CT molecular complexity index is 976. The molecule has 0 aliphatic rings. The second-order valence-corrected chi connectivity index (χ2v) is 6.86. The van der Waals surface area contributed by atoms with E-state index in [2.05, 4.69) is 5.32 Å². The number of non-ortho nitro benzene ring substituents is 1. The second-order valence-electron chi connectivity index (χ2n) is 5.86. The summed E-state index contributed by atoms with van der Waals surface area (Å²) in [5.41, 5.74) is -0.971. The van der Waals surface area contributed by atoms with Crippen LogP contribution in [0.4, 0.5) is 21.9 Å². The first-order valence-corrected chi connectivity index (χ1v) is 8.66. The number of rotatable bonds is 5. The predicted octanol–water partition coefficient (Wildman–Crippen LogP) is 3.84. The summed E-state index contributed by atoms with van der Waals surface area (Å²) < 4.78 is 0. The molecule has 0 saturated heterocycles. The van der Waals surface area contributed by atoms with Gasteiger partial charge in [-0.1, -0.05) is 12.1 Å². The molecule has 0 unspecified atom stereocenters. The Morgan fingerprint density at radius 2 is 1.71 bits per heavy atom. The van der Waals surface area contributed by atoms with Gasteiger partial charge in [-0.2, -0.15) is 0 Å². The fourth-order valence-corrected chi connectivity index (χ4v) is 3.00. The Balaban J connectivity index is 2.42. The van der Waals surface area contributed by atoms with Crippen molar-refractivity contribution < 1.29 is 19.4 Å². The molecule has 28 heavy (non-hydrogen) atoms. The molecule has 0 fully saturated rings. The molecule has 0 saturated carbocycles. The van der Waals surface area contributed by atoms with Crippen molar-refractivity contribution in [2.75, 3.05) is 19.4 Å². The van der Waals surface area contributed by atoms with Gasteiger partial charge in [-0.3, -0.25) is 29.8 Å². The van der Waals surface area contributed by atoms with Gasteiger partial charge in [0.25, 0.3) is 22.5 Å². The van der Waals surface area contributed by atoms with E-state index in [1.807, 2.05) is 0 Å². The van der Waals surface area contributed by atoms with E-state index in [1.54, 1.807) is 38.4 Å². The van der Waals surface area contributed by atoms with Gasteiger partial charge in [-0.15, -0.1) is 0 Å². The molecule has 0 aromatic heterocycles. The molecule has 1 N–H and O–H groups in total. The largest absolute Gasteiger partial charge is 0.339 e. The van der Waals surface area contributed by atoms with Gasteiger partial charge < -0.3 is 10.2 Å². The van der Waals surface area contributed by atoms with Crippen molar-refractivity contribution in [2.45, 2.75) is 11.8 Å². The average molecular weight is 404 g/mol. The molecule has 10 nitrogen and oxygen atoms in total. The lowest BCUT2D eigenvalue weighted by atomic mass is 10.0. The predicted molar refractivity (Wildman–Crippen MR) is 104 cm³/mol. The van der Waals surface area contributed by atoms with Gasteiger partial charge in [0.2, 0.25) is 0 Å². The maximum atomic E-state index is 12.7. The molecular formula is C17H16N4O6S. The van der Waals surface area contributed by atoms with Crippen LogP contribution in [-0.4, -0.2) is 40.0 Å². The van der Waals surface area contributed by atoms with E-state index < -0.39 is 27.1 Å². The summed E-state index contributed by atoms with van der Waals surface area (Å²) in [7, 11) is 3.17. The molecule has 0 radical (unpaired) electrons. The van der Waals surface area contributed by atoms with Crippen molar-refractivity contribution in [3.63, 3.8) is 0 Å². The second kappa shape index (κ2) is 8.48. The maximum Gasteiger partial charge on any atom is 0.286 e. The van der Waals surface area contributed by atoms with Crippen molar-refractivity contribution in [1.29, 1.82) is 0 Å². The number of benzene rings is 2. The maximum absolute atomic E-state index is 12.7. The molecule has 0 aliphatic heterocycles. The lowest BCUT2D eigenvalue weighted by molar-refractivity contribution is -0.394. The Labute approximate surface area is 163 Å². The van der Waals surface area contributed by atoms with Crippen molar-refractivity contribution >= 4 is 40.0 Å². The Kier molecular flexibility index (Phi) is 6.31. The molecular weight excluding hydrogens is 388 g/mol. The van der Waals surface area contributed by atoms with Crippen LogP contribution in [0.3, 0.4) is 0 Å². The number of nitrogens with zero attached hydrogens (tertiary/aromatic N) is 3. The van der Waals surface area contributed by atoms with E-state index in [0.717, 1.165) is 23.9 Å². The van der Waals surface area contributed by atoms with Crippen LogP contribution in [0.25, 0.3) is 0 Å². The number of thioether (sulfide) groups is 1. The minimum Gasteiger partial charge on any atom is -0.339 e. The molecule has 146 valence electrons. The van der Waals surface area contributed by atoms with Gasteiger partial charge in [0.15, 0.2) is 0 Å². The highest BCUT2D eigenvalue weighted by atomic mass is 32.2. The first-order chi connectivity index (χ1) is 13.1. The zero-order chi connectivity index (χ0) is 21.0. The average Bonchev–Trinajstić information content (AvgIpc) is 2.62. The lowest BCUT2D eigenvalue weighted by Crippen LogP contribution is -2.17. The van der Waals surface area contributed by atoms with Gasteiger partial charge in [0.1, 0.15) is 0 Å². The molecule has 2 aromatic carbocycles. The third kappa shape index (κ3) is 4.62. The molecule has 0 heterocycles. The van der Waals surface area contributed by atoms with E-state index in [0.29, 0.717) is 10.6 Å². The fourth-order valence-electron chi connectivity index (χ4n) is 2.25. The molecule has 2 rings (SSSR count). The van der Waals surface area contributed by atoms with Crippen LogP contribution in [0.1, 0.15) is 15.9 Å². The molecule has 2 aromatic rings. The summed E-state index contributed by atoms with van der Waals surface area (Å²) >= 11 is 0.892. The van der Waals surface area contributed by atoms with Crippen LogP contribution in [0, 0.1) is 27.2 Å². The number of nitro groups is 2. The molecule has 0 atom stereocenters. The Morgan fingerprint density at radius 3 is 2.29 bits per heavy atom. The van der Waals surface area contributed by atoms with E-state index >= 15 is 0 Å². The SMILES string of the molecule is Cc1c(C(=O)Nc2ccccc2SC(=O)N(C)C)cc([N+](=O)[O-])cc1[N+](=O)[O-]. The van der Waals surface area contributed by atoms with Gasteiger partial charge in [-0.05, 0) is 30.8 Å². The number of nitrogens with one attached hydrogen (secondary N) is 1. The molecule has 0 aliphatic carbocycles. The first kappa shape index (κ1) is 20.8. The summed E-state index contributed by atoms with van der Waals surface area (Å²) in [5, 5.41) is 24.5. The van der Waals surface area contributed by atoms with Crippen LogP contribution >= 0.6 is 11.8 Å². The fraction of sp³-hybridized carbons (Fsp3) is 0.176. The van der Waals surface area contributed by atoms with Crippen LogP contribution in [0.5, 0.6) is 0 Å². The standard InChI is InChI=1S/C17H16N4O6S/c1-10-12(8-11(20(24)25)9-14(10)21(26)27)16(22)18-13-6-4-5-7-15(13)28-17(23)19(2)3/h4-9H,1-3H3,(H,18,22). The number of anilines is 1. The topological polar surface area (TPSA) is 136 Å². The number of amides is 2. The summed E-state index contributed by atoms with van der Waals surface area (Å²) in [6.45, 7) is 1.34. The van der Waals surface area contributed by atoms with E-state index in [4.69, 9.17) is 0 Å². The third-order valence-corrected chi connectivity index (χ3v) is 4.83. The van der Waals surface area contributed by atoms with Crippen LogP contribution in [0.15, 0.2) is 41.3 Å². The van der Waals surface area contributed by atoms with Crippen LogP contribution in [0.2, 0.25) is 0 Å². The monoisotopic (exact) mass is 404 g/mol. The molecule has 0 bridgehead atoms.